The summed E-state index contributed by atoms with van der Waals surface area (Å²) < 4.78 is 2.49. The standard InChI is InChI=1S/C11H8BrClN2O2/c1-15-9(13)8(11(16)17)14-10(15)6-2-4-7(12)5-3-6/h2-5H,1H3,(H,16,17). The van der Waals surface area contributed by atoms with Crippen LogP contribution in [0.2, 0.25) is 5.15 Å². The molecular formula is C11H8BrClN2O2. The van der Waals surface area contributed by atoms with Crippen molar-refractivity contribution in [2.24, 2.45) is 7.05 Å². The van der Waals surface area contributed by atoms with Crippen molar-refractivity contribution < 1.29 is 9.90 Å². The summed E-state index contributed by atoms with van der Waals surface area (Å²) in [5.41, 5.74) is 0.678. The van der Waals surface area contributed by atoms with Gasteiger partial charge in [-0.1, -0.05) is 39.7 Å². The summed E-state index contributed by atoms with van der Waals surface area (Å²) in [5, 5.41) is 9.05. The first-order chi connectivity index (χ1) is 8.00. The van der Waals surface area contributed by atoms with Crippen LogP contribution >= 0.6 is 27.5 Å². The van der Waals surface area contributed by atoms with E-state index in [1.165, 1.54) is 0 Å². The maximum Gasteiger partial charge on any atom is 0.357 e. The van der Waals surface area contributed by atoms with Gasteiger partial charge in [0.15, 0.2) is 5.69 Å². The molecule has 4 nitrogen and oxygen atoms in total. The lowest BCUT2D eigenvalue weighted by molar-refractivity contribution is 0.0691. The van der Waals surface area contributed by atoms with E-state index in [4.69, 9.17) is 16.7 Å². The van der Waals surface area contributed by atoms with Crippen LogP contribution in [0.1, 0.15) is 10.5 Å². The van der Waals surface area contributed by atoms with Gasteiger partial charge in [0.25, 0.3) is 0 Å². The van der Waals surface area contributed by atoms with Gasteiger partial charge in [-0.3, -0.25) is 0 Å². The van der Waals surface area contributed by atoms with E-state index < -0.39 is 5.97 Å². The van der Waals surface area contributed by atoms with Crippen molar-refractivity contribution in [3.63, 3.8) is 0 Å². The minimum absolute atomic E-state index is 0.121. The summed E-state index contributed by atoms with van der Waals surface area (Å²) in [4.78, 5) is 14.9. The molecule has 0 aliphatic carbocycles. The second-order valence-corrected chi connectivity index (χ2v) is 4.72. The summed E-state index contributed by atoms with van der Waals surface area (Å²) in [6.07, 6.45) is 0. The number of nitrogens with zero attached hydrogens (tertiary/aromatic N) is 2. The average Bonchev–Trinajstić information content (AvgIpc) is 2.58. The van der Waals surface area contributed by atoms with E-state index in [1.54, 1.807) is 11.6 Å². The summed E-state index contributed by atoms with van der Waals surface area (Å²) in [5.74, 6) is -0.603. The highest BCUT2D eigenvalue weighted by molar-refractivity contribution is 9.10. The number of halogens is 2. The number of benzene rings is 1. The molecule has 0 radical (unpaired) electrons. The molecule has 0 fully saturated rings. The molecule has 0 amide bonds. The van der Waals surface area contributed by atoms with Crippen LogP contribution in [0.25, 0.3) is 11.4 Å². The SMILES string of the molecule is Cn1c(-c2ccc(Br)cc2)nc(C(=O)O)c1Cl. The fraction of sp³-hybridized carbons (Fsp3) is 0.0909. The van der Waals surface area contributed by atoms with Gasteiger partial charge < -0.3 is 9.67 Å². The van der Waals surface area contributed by atoms with Crippen molar-refractivity contribution in [2.75, 3.05) is 0 Å². The lowest BCUT2D eigenvalue weighted by Crippen LogP contribution is -1.97. The Hall–Kier alpha value is -1.33. The first kappa shape index (κ1) is 12.1. The molecule has 1 heterocycles. The lowest BCUT2D eigenvalue weighted by Gasteiger charge is -2.01. The van der Waals surface area contributed by atoms with Gasteiger partial charge in [-0.15, -0.1) is 0 Å². The number of carbonyl (C=O) groups is 1. The van der Waals surface area contributed by atoms with Crippen LogP contribution in [0.3, 0.4) is 0 Å². The third kappa shape index (κ3) is 2.21. The summed E-state index contributed by atoms with van der Waals surface area (Å²) in [6, 6.07) is 7.40. The van der Waals surface area contributed by atoms with E-state index in [-0.39, 0.29) is 10.8 Å². The van der Waals surface area contributed by atoms with Gasteiger partial charge >= 0.3 is 5.97 Å². The quantitative estimate of drug-likeness (QED) is 0.926. The first-order valence-corrected chi connectivity index (χ1v) is 5.89. The molecule has 88 valence electrons. The van der Waals surface area contributed by atoms with E-state index in [0.717, 1.165) is 10.0 Å². The Morgan fingerprint density at radius 3 is 2.47 bits per heavy atom. The number of aromatic nitrogens is 2. The topological polar surface area (TPSA) is 55.1 Å². The molecule has 1 aromatic heterocycles. The highest BCUT2D eigenvalue weighted by Gasteiger charge is 2.19. The van der Waals surface area contributed by atoms with Gasteiger partial charge in [-0.05, 0) is 12.1 Å². The van der Waals surface area contributed by atoms with Crippen LogP contribution in [-0.4, -0.2) is 20.6 Å². The largest absolute Gasteiger partial charge is 0.476 e. The van der Waals surface area contributed by atoms with Crippen LogP contribution in [0.4, 0.5) is 0 Å². The fourth-order valence-corrected chi connectivity index (χ4v) is 1.94. The van der Waals surface area contributed by atoms with Crippen molar-refractivity contribution in [1.82, 2.24) is 9.55 Å². The van der Waals surface area contributed by atoms with E-state index in [1.807, 2.05) is 24.3 Å². The third-order valence-corrected chi connectivity index (χ3v) is 3.29. The van der Waals surface area contributed by atoms with Gasteiger partial charge in [-0.25, -0.2) is 9.78 Å². The molecule has 1 aromatic carbocycles. The number of hydrogen-bond donors (Lipinski definition) is 1. The summed E-state index contributed by atoms with van der Waals surface area (Å²) >= 11 is 9.23. The first-order valence-electron chi connectivity index (χ1n) is 4.72. The normalized spacial score (nSPS) is 10.5. The van der Waals surface area contributed by atoms with E-state index >= 15 is 0 Å². The Kier molecular flexibility index (Phi) is 3.22. The van der Waals surface area contributed by atoms with Crippen LogP contribution < -0.4 is 0 Å². The van der Waals surface area contributed by atoms with Gasteiger partial charge in [0.2, 0.25) is 0 Å². The van der Waals surface area contributed by atoms with Gasteiger partial charge in [0.1, 0.15) is 11.0 Å². The van der Waals surface area contributed by atoms with Crippen molar-refractivity contribution in [2.45, 2.75) is 0 Å². The predicted molar refractivity (Wildman–Crippen MR) is 68.3 cm³/mol. The highest BCUT2D eigenvalue weighted by atomic mass is 79.9. The second kappa shape index (κ2) is 4.50. The number of hydrogen-bond acceptors (Lipinski definition) is 2. The smallest absolute Gasteiger partial charge is 0.357 e. The predicted octanol–water partition coefficient (Wildman–Crippen LogP) is 3.20. The number of carboxylic acids is 1. The highest BCUT2D eigenvalue weighted by Crippen LogP contribution is 2.25. The molecule has 2 rings (SSSR count). The molecule has 0 unspecified atom stereocenters. The van der Waals surface area contributed by atoms with E-state index in [2.05, 4.69) is 20.9 Å². The number of imidazole rings is 1. The second-order valence-electron chi connectivity index (χ2n) is 3.45. The van der Waals surface area contributed by atoms with Crippen molar-refractivity contribution >= 4 is 33.5 Å². The Labute approximate surface area is 111 Å². The fourth-order valence-electron chi connectivity index (χ4n) is 1.47. The zero-order valence-corrected chi connectivity index (χ0v) is 11.2. The molecule has 2 aromatic rings. The molecule has 0 saturated heterocycles. The Morgan fingerprint density at radius 2 is 2.00 bits per heavy atom. The minimum Gasteiger partial charge on any atom is -0.476 e. The molecule has 17 heavy (non-hydrogen) atoms. The van der Waals surface area contributed by atoms with Gasteiger partial charge in [0, 0.05) is 17.1 Å². The van der Waals surface area contributed by atoms with Crippen molar-refractivity contribution in [3.8, 4) is 11.4 Å². The Morgan fingerprint density at radius 1 is 1.41 bits per heavy atom. The van der Waals surface area contributed by atoms with Gasteiger partial charge in [0.05, 0.1) is 0 Å². The zero-order chi connectivity index (χ0) is 12.6. The Bertz CT molecular complexity index is 578. The van der Waals surface area contributed by atoms with Crippen molar-refractivity contribution in [3.05, 3.63) is 39.6 Å². The number of aromatic carboxylic acids is 1. The van der Waals surface area contributed by atoms with Crippen molar-refractivity contribution in [1.29, 1.82) is 0 Å². The molecule has 0 spiro atoms. The number of rotatable bonds is 2. The van der Waals surface area contributed by atoms with Crippen LogP contribution in [0.5, 0.6) is 0 Å². The third-order valence-electron chi connectivity index (χ3n) is 2.33. The molecule has 6 heteroatoms. The summed E-state index contributed by atoms with van der Waals surface area (Å²) in [7, 11) is 1.68. The van der Waals surface area contributed by atoms with E-state index in [9.17, 15) is 4.79 Å². The average molecular weight is 316 g/mol. The molecule has 0 aliphatic rings. The van der Waals surface area contributed by atoms with Crippen LogP contribution in [0, 0.1) is 0 Å². The molecular weight excluding hydrogens is 307 g/mol. The lowest BCUT2D eigenvalue weighted by atomic mass is 10.2. The Balaban J connectivity index is 2.56. The maximum atomic E-state index is 10.9. The molecule has 0 aliphatic heterocycles. The zero-order valence-electron chi connectivity index (χ0n) is 8.82. The molecule has 0 bridgehead atoms. The van der Waals surface area contributed by atoms with Gasteiger partial charge in [-0.2, -0.15) is 0 Å². The minimum atomic E-state index is -1.13. The van der Waals surface area contributed by atoms with E-state index in [0.29, 0.717) is 5.82 Å². The summed E-state index contributed by atoms with van der Waals surface area (Å²) in [6.45, 7) is 0. The molecule has 1 N–H and O–H groups in total. The monoisotopic (exact) mass is 314 g/mol. The van der Waals surface area contributed by atoms with Crippen LogP contribution in [-0.2, 0) is 7.05 Å². The maximum absolute atomic E-state index is 10.9. The number of carboxylic acid groups (broad SMARTS) is 1. The molecule has 0 saturated carbocycles. The van der Waals surface area contributed by atoms with Crippen LogP contribution in [0.15, 0.2) is 28.7 Å². The molecule has 0 atom stereocenters.